The van der Waals surface area contributed by atoms with Gasteiger partial charge in [-0.3, -0.25) is 0 Å². The minimum Gasteiger partial charge on any atom is -0.478 e. The van der Waals surface area contributed by atoms with Gasteiger partial charge in [0.15, 0.2) is 0 Å². The number of halogens is 1. The molecule has 0 aliphatic heterocycles. The highest BCUT2D eigenvalue weighted by molar-refractivity contribution is 7.99. The van der Waals surface area contributed by atoms with Crippen LogP contribution in [0.2, 0.25) is 0 Å². The van der Waals surface area contributed by atoms with Crippen molar-refractivity contribution in [1.82, 2.24) is 0 Å². The summed E-state index contributed by atoms with van der Waals surface area (Å²) in [7, 11) is 0. The molecule has 1 N–H and O–H groups in total. The number of thioether (sulfide) groups is 1. The largest absolute Gasteiger partial charge is 0.478 e. The van der Waals surface area contributed by atoms with E-state index < -0.39 is 5.97 Å². The Morgan fingerprint density at radius 1 is 1.00 bits per heavy atom. The van der Waals surface area contributed by atoms with Crippen LogP contribution < -0.4 is 0 Å². The van der Waals surface area contributed by atoms with Crippen molar-refractivity contribution in [2.24, 2.45) is 0 Å². The van der Waals surface area contributed by atoms with E-state index in [-0.39, 0.29) is 6.67 Å². The number of alkyl halides is 1. The lowest BCUT2D eigenvalue weighted by Gasteiger charge is -2.04. The predicted octanol–water partition coefficient (Wildman–Crippen LogP) is 6.85. The standard InChI is InChI=1S/C22H29FO2S/c1-17(9-7-11-19(3)16-23)8-6-10-18(2)14-15-26-21-13-5-4-12-20(21)22(24)25/h4-5,8,11-14H,6-7,9-10,15-16H2,1-3H3,(H,24,25). The van der Waals surface area contributed by atoms with Crippen molar-refractivity contribution in [1.29, 1.82) is 0 Å². The van der Waals surface area contributed by atoms with Gasteiger partial charge in [0.05, 0.1) is 5.56 Å². The second-order valence-corrected chi connectivity index (χ2v) is 7.54. The molecule has 0 bridgehead atoms. The number of carboxylic acid groups (broad SMARTS) is 1. The molecule has 0 fully saturated rings. The first-order chi connectivity index (χ1) is 12.4. The first-order valence-electron chi connectivity index (χ1n) is 8.92. The summed E-state index contributed by atoms with van der Waals surface area (Å²) in [5.41, 5.74) is 3.81. The molecule has 0 saturated heterocycles. The van der Waals surface area contributed by atoms with Crippen molar-refractivity contribution in [2.45, 2.75) is 51.3 Å². The monoisotopic (exact) mass is 376 g/mol. The molecule has 1 aromatic carbocycles. The Hall–Kier alpha value is -1.81. The highest BCUT2D eigenvalue weighted by Crippen LogP contribution is 2.23. The van der Waals surface area contributed by atoms with Gasteiger partial charge in [-0.15, -0.1) is 11.8 Å². The van der Waals surface area contributed by atoms with Gasteiger partial charge in [-0.2, -0.15) is 0 Å². The molecule has 26 heavy (non-hydrogen) atoms. The second-order valence-electron chi connectivity index (χ2n) is 6.47. The summed E-state index contributed by atoms with van der Waals surface area (Å²) in [6.45, 7) is 5.69. The summed E-state index contributed by atoms with van der Waals surface area (Å²) in [5.74, 6) is -0.113. The zero-order valence-electron chi connectivity index (χ0n) is 15.9. The first kappa shape index (κ1) is 22.2. The maximum absolute atomic E-state index is 12.4. The Morgan fingerprint density at radius 3 is 2.19 bits per heavy atom. The number of benzene rings is 1. The van der Waals surface area contributed by atoms with E-state index in [4.69, 9.17) is 0 Å². The van der Waals surface area contributed by atoms with Gasteiger partial charge < -0.3 is 5.11 Å². The molecule has 0 unspecified atom stereocenters. The van der Waals surface area contributed by atoms with E-state index in [0.717, 1.165) is 41.9 Å². The Labute approximate surface area is 160 Å². The fourth-order valence-corrected chi connectivity index (χ4v) is 3.43. The summed E-state index contributed by atoms with van der Waals surface area (Å²) >= 11 is 1.55. The zero-order chi connectivity index (χ0) is 19.4. The highest BCUT2D eigenvalue weighted by atomic mass is 32.2. The van der Waals surface area contributed by atoms with Crippen molar-refractivity contribution >= 4 is 17.7 Å². The van der Waals surface area contributed by atoms with E-state index in [0.29, 0.717) is 5.56 Å². The van der Waals surface area contributed by atoms with E-state index in [9.17, 15) is 14.3 Å². The van der Waals surface area contributed by atoms with Crippen LogP contribution in [-0.2, 0) is 0 Å². The molecule has 0 aliphatic rings. The first-order valence-corrected chi connectivity index (χ1v) is 9.90. The highest BCUT2D eigenvalue weighted by Gasteiger charge is 2.08. The summed E-state index contributed by atoms with van der Waals surface area (Å²) in [6, 6.07) is 7.10. The molecule has 142 valence electrons. The fraction of sp³-hybridized carbons (Fsp3) is 0.409. The molecule has 0 spiro atoms. The molecule has 1 rings (SSSR count). The minimum absolute atomic E-state index is 0.359. The molecule has 0 aromatic heterocycles. The van der Waals surface area contributed by atoms with E-state index in [1.807, 2.05) is 25.1 Å². The van der Waals surface area contributed by atoms with Gasteiger partial charge in [-0.25, -0.2) is 9.18 Å². The van der Waals surface area contributed by atoms with Crippen LogP contribution in [0.1, 0.15) is 56.8 Å². The van der Waals surface area contributed by atoms with Crippen LogP contribution in [-0.4, -0.2) is 23.5 Å². The number of hydrogen-bond donors (Lipinski definition) is 1. The number of carboxylic acids is 1. The molecule has 2 nitrogen and oxygen atoms in total. The lowest BCUT2D eigenvalue weighted by Crippen LogP contribution is -1.98. The molecule has 0 heterocycles. The van der Waals surface area contributed by atoms with Crippen molar-refractivity contribution in [3.8, 4) is 0 Å². The van der Waals surface area contributed by atoms with Gasteiger partial charge in [0.1, 0.15) is 6.67 Å². The van der Waals surface area contributed by atoms with Crippen molar-refractivity contribution < 1.29 is 14.3 Å². The molecule has 0 aliphatic carbocycles. The summed E-state index contributed by atoms with van der Waals surface area (Å²) in [6.07, 6.45) is 10.2. The summed E-state index contributed by atoms with van der Waals surface area (Å²) < 4.78 is 12.4. The van der Waals surface area contributed by atoms with Gasteiger partial charge in [0, 0.05) is 10.6 Å². The molecule has 0 saturated carbocycles. The van der Waals surface area contributed by atoms with Crippen LogP contribution in [0, 0.1) is 0 Å². The Kier molecular flexibility index (Phi) is 10.7. The van der Waals surface area contributed by atoms with E-state index >= 15 is 0 Å². The quantitative estimate of drug-likeness (QED) is 0.339. The van der Waals surface area contributed by atoms with Crippen molar-refractivity contribution in [3.05, 3.63) is 64.8 Å². The fourth-order valence-electron chi connectivity index (χ4n) is 2.39. The normalized spacial score (nSPS) is 13.2. The average molecular weight is 377 g/mol. The summed E-state index contributed by atoms with van der Waals surface area (Å²) in [5, 5.41) is 9.19. The SMILES string of the molecule is CC(=CCCC(C)=CCCC(C)=CCSc1ccccc1C(=O)O)CF. The van der Waals surface area contributed by atoms with Crippen LogP contribution in [0.3, 0.4) is 0 Å². The van der Waals surface area contributed by atoms with Gasteiger partial charge in [-0.1, -0.05) is 41.5 Å². The summed E-state index contributed by atoms with van der Waals surface area (Å²) in [4.78, 5) is 12.0. The van der Waals surface area contributed by atoms with Crippen LogP contribution in [0.25, 0.3) is 0 Å². The average Bonchev–Trinajstić information content (AvgIpc) is 2.61. The van der Waals surface area contributed by atoms with Crippen LogP contribution >= 0.6 is 11.8 Å². The van der Waals surface area contributed by atoms with E-state index in [1.165, 1.54) is 11.1 Å². The molecular weight excluding hydrogens is 347 g/mol. The number of aromatic carboxylic acids is 1. The third-order valence-corrected chi connectivity index (χ3v) is 5.06. The third-order valence-electron chi connectivity index (χ3n) is 4.06. The second kappa shape index (κ2) is 12.5. The Morgan fingerprint density at radius 2 is 1.58 bits per heavy atom. The van der Waals surface area contributed by atoms with Crippen molar-refractivity contribution in [2.75, 3.05) is 12.4 Å². The predicted molar refractivity (Wildman–Crippen MR) is 110 cm³/mol. The Bertz CT molecular complexity index is 674. The topological polar surface area (TPSA) is 37.3 Å². The molecular formula is C22H29FO2S. The number of allylic oxidation sites excluding steroid dienone is 5. The minimum atomic E-state index is -0.883. The molecule has 0 atom stereocenters. The lowest BCUT2D eigenvalue weighted by atomic mass is 10.1. The molecule has 4 heteroatoms. The molecule has 0 radical (unpaired) electrons. The number of rotatable bonds is 11. The molecule has 0 amide bonds. The lowest BCUT2D eigenvalue weighted by molar-refractivity contribution is 0.0693. The molecule has 1 aromatic rings. The van der Waals surface area contributed by atoms with Crippen LogP contribution in [0.5, 0.6) is 0 Å². The van der Waals surface area contributed by atoms with Gasteiger partial charge in [0.25, 0.3) is 0 Å². The third kappa shape index (κ3) is 9.04. The number of hydrogen-bond acceptors (Lipinski definition) is 2. The van der Waals surface area contributed by atoms with Crippen molar-refractivity contribution in [3.63, 3.8) is 0 Å². The van der Waals surface area contributed by atoms with Gasteiger partial charge in [-0.05, 0) is 64.2 Å². The van der Waals surface area contributed by atoms with Crippen LogP contribution in [0.4, 0.5) is 4.39 Å². The van der Waals surface area contributed by atoms with Gasteiger partial charge in [0.2, 0.25) is 0 Å². The maximum Gasteiger partial charge on any atom is 0.336 e. The number of carbonyl (C=O) groups is 1. The van der Waals surface area contributed by atoms with Gasteiger partial charge >= 0.3 is 5.97 Å². The smallest absolute Gasteiger partial charge is 0.336 e. The van der Waals surface area contributed by atoms with E-state index in [1.54, 1.807) is 23.9 Å². The Balaban J connectivity index is 2.38. The van der Waals surface area contributed by atoms with E-state index in [2.05, 4.69) is 26.0 Å². The maximum atomic E-state index is 12.4. The zero-order valence-corrected chi connectivity index (χ0v) is 16.7. The van der Waals surface area contributed by atoms with Crippen LogP contribution in [0.15, 0.2) is 64.1 Å².